The topological polar surface area (TPSA) is 185 Å². The van der Waals surface area contributed by atoms with Crippen molar-refractivity contribution >= 4 is 23.8 Å². The van der Waals surface area contributed by atoms with E-state index >= 15 is 0 Å². The molecular formula is C37H48N6O7. The molecule has 6 N–H and O–H groups in total. The number of nitrogens with one attached hydrogen (secondary N) is 3. The highest BCUT2D eigenvalue weighted by Gasteiger charge is 2.36. The number of aromatic nitrogens is 1. The van der Waals surface area contributed by atoms with Crippen LogP contribution in [0.15, 0.2) is 85.1 Å². The summed E-state index contributed by atoms with van der Waals surface area (Å²) in [6.45, 7) is 6.83. The maximum absolute atomic E-state index is 14.3. The van der Waals surface area contributed by atoms with E-state index in [2.05, 4.69) is 21.1 Å². The Morgan fingerprint density at radius 1 is 0.980 bits per heavy atom. The van der Waals surface area contributed by atoms with Gasteiger partial charge in [0.05, 0.1) is 38.1 Å². The fourth-order valence-electron chi connectivity index (χ4n) is 5.32. The van der Waals surface area contributed by atoms with Gasteiger partial charge in [-0.2, -0.15) is 5.48 Å². The molecule has 0 spiro atoms. The Labute approximate surface area is 293 Å². The van der Waals surface area contributed by atoms with Gasteiger partial charge in [-0.1, -0.05) is 81.4 Å². The molecule has 0 fully saturated rings. The molecule has 0 aliphatic heterocycles. The standard InChI is InChI=1S/C37H48N6O7/c1-6-50-42-33(25(4)19-21-44)36(47)43(34(38)28-17-15-27(16-18-28)29-14-10-11-20-39-29)23-31(45)30(22-26-12-8-7-9-13-26)40-35(46)32(24(2)3)41-37(48)49-5/h7-20,24-25,30-34,42,45H,6,22-23,38H2,1-5H3,(H,40,46)(H,41,48)/t25?,30-,31-,32-,33-,34?/m0/s1. The summed E-state index contributed by atoms with van der Waals surface area (Å²) in [7, 11) is 1.20. The number of nitrogens with two attached hydrogens (primary N) is 1. The van der Waals surface area contributed by atoms with Crippen molar-refractivity contribution in [2.45, 2.75) is 64.5 Å². The lowest BCUT2D eigenvalue weighted by molar-refractivity contribution is -0.143. The third-order valence-corrected chi connectivity index (χ3v) is 8.19. The van der Waals surface area contributed by atoms with Gasteiger partial charge in [0.15, 0.2) is 0 Å². The highest BCUT2D eigenvalue weighted by Crippen LogP contribution is 2.24. The minimum atomic E-state index is -1.35. The monoisotopic (exact) mass is 688 g/mol. The van der Waals surface area contributed by atoms with E-state index in [4.69, 9.17) is 15.3 Å². The zero-order valence-electron chi connectivity index (χ0n) is 29.1. The number of methoxy groups -OCH3 is 1. The maximum Gasteiger partial charge on any atom is 0.407 e. The van der Waals surface area contributed by atoms with Gasteiger partial charge in [-0.15, -0.1) is 0 Å². The number of rotatable bonds is 18. The first kappa shape index (κ1) is 39.5. The maximum atomic E-state index is 14.3. The molecule has 0 radical (unpaired) electrons. The Morgan fingerprint density at radius 3 is 2.24 bits per heavy atom. The predicted octanol–water partition coefficient (Wildman–Crippen LogP) is 2.94. The molecule has 2 unspecified atom stereocenters. The number of carbonyl (C=O) groups is 3. The van der Waals surface area contributed by atoms with Crippen LogP contribution in [0.1, 0.15) is 45.0 Å². The molecule has 2 aromatic carbocycles. The van der Waals surface area contributed by atoms with E-state index < -0.39 is 54.2 Å². The van der Waals surface area contributed by atoms with Crippen LogP contribution in [0.25, 0.3) is 11.3 Å². The van der Waals surface area contributed by atoms with Gasteiger partial charge in [-0.05, 0) is 42.5 Å². The average Bonchev–Trinajstić information content (AvgIpc) is 3.12. The third-order valence-electron chi connectivity index (χ3n) is 8.19. The summed E-state index contributed by atoms with van der Waals surface area (Å²) in [4.78, 5) is 62.4. The molecule has 0 saturated heterocycles. The molecule has 50 heavy (non-hydrogen) atoms. The lowest BCUT2D eigenvalue weighted by Gasteiger charge is -2.37. The van der Waals surface area contributed by atoms with Gasteiger partial charge in [0, 0.05) is 23.8 Å². The number of carbonyl (C=O) groups excluding carboxylic acids is 4. The minimum absolute atomic E-state index is 0.192. The molecule has 1 aromatic heterocycles. The molecule has 3 amide bonds. The summed E-state index contributed by atoms with van der Waals surface area (Å²) in [6, 6.07) is 19.1. The number of benzene rings is 2. The van der Waals surface area contributed by atoms with Crippen molar-refractivity contribution in [1.29, 1.82) is 0 Å². The van der Waals surface area contributed by atoms with Crippen LogP contribution in [-0.4, -0.2) is 83.3 Å². The van der Waals surface area contributed by atoms with E-state index in [9.17, 15) is 24.3 Å². The number of nitrogens with zero attached hydrogens (tertiary/aromatic N) is 2. The first-order chi connectivity index (χ1) is 24.0. The van der Waals surface area contributed by atoms with E-state index in [0.29, 0.717) is 5.56 Å². The van der Waals surface area contributed by atoms with Crippen molar-refractivity contribution in [1.82, 2.24) is 26.0 Å². The van der Waals surface area contributed by atoms with Crippen LogP contribution in [0.4, 0.5) is 4.79 Å². The van der Waals surface area contributed by atoms with Crippen LogP contribution < -0.4 is 21.8 Å². The average molecular weight is 689 g/mol. The van der Waals surface area contributed by atoms with Crippen molar-refractivity contribution in [3.05, 3.63) is 96.2 Å². The molecule has 6 atom stereocenters. The van der Waals surface area contributed by atoms with Crippen LogP contribution >= 0.6 is 0 Å². The number of aliphatic hydroxyl groups is 1. The van der Waals surface area contributed by atoms with Gasteiger partial charge < -0.3 is 35.9 Å². The largest absolute Gasteiger partial charge is 0.453 e. The SMILES string of the molecule is CCON[C@H](C(=O)N(C[C@H](O)[C@H](Cc1ccccc1)NC(=O)[C@@H](NC(=O)OC)C(C)C)C(N)c1ccc(-c2ccccn2)cc1)C(C)C=C=O. The summed E-state index contributed by atoms with van der Waals surface area (Å²) in [5, 5.41) is 17.3. The number of hydroxylamine groups is 1. The fourth-order valence-corrected chi connectivity index (χ4v) is 5.32. The summed E-state index contributed by atoms with van der Waals surface area (Å²) in [5.41, 5.74) is 12.5. The van der Waals surface area contributed by atoms with Gasteiger partial charge in [0.1, 0.15) is 24.2 Å². The van der Waals surface area contributed by atoms with Gasteiger partial charge in [-0.25, -0.2) is 9.59 Å². The molecule has 0 aliphatic rings. The fraction of sp³-hybridized carbons (Fsp3) is 0.405. The van der Waals surface area contributed by atoms with E-state index in [1.54, 1.807) is 52.0 Å². The third kappa shape index (κ3) is 11.3. The van der Waals surface area contributed by atoms with Crippen LogP contribution in [0.3, 0.4) is 0 Å². The highest BCUT2D eigenvalue weighted by atomic mass is 16.6. The lowest BCUT2D eigenvalue weighted by Crippen LogP contribution is -2.59. The number of pyridine rings is 1. The Kier molecular flexibility index (Phi) is 15.8. The Bertz CT molecular complexity index is 1550. The smallest absolute Gasteiger partial charge is 0.407 e. The quantitative estimate of drug-likeness (QED) is 0.0756. The van der Waals surface area contributed by atoms with Crippen molar-refractivity contribution in [2.24, 2.45) is 17.6 Å². The van der Waals surface area contributed by atoms with Crippen LogP contribution in [0.5, 0.6) is 0 Å². The molecule has 268 valence electrons. The number of amides is 3. The Morgan fingerprint density at radius 2 is 1.66 bits per heavy atom. The second-order valence-corrected chi connectivity index (χ2v) is 12.2. The first-order valence-corrected chi connectivity index (χ1v) is 16.5. The number of alkyl carbamates (subject to hydrolysis) is 1. The van der Waals surface area contributed by atoms with Crippen molar-refractivity contribution in [2.75, 3.05) is 20.3 Å². The molecule has 0 aliphatic carbocycles. The molecule has 0 bridgehead atoms. The second kappa shape index (κ2) is 19.9. The number of aliphatic hydroxyl groups excluding tert-OH is 1. The Balaban J connectivity index is 2.02. The molecule has 13 heteroatoms. The number of ether oxygens (including phenoxy) is 1. The zero-order chi connectivity index (χ0) is 36.6. The van der Waals surface area contributed by atoms with Crippen LogP contribution in [0.2, 0.25) is 0 Å². The highest BCUT2D eigenvalue weighted by molar-refractivity contribution is 5.86. The molecule has 3 rings (SSSR count). The zero-order valence-corrected chi connectivity index (χ0v) is 29.1. The van der Waals surface area contributed by atoms with Gasteiger partial charge in [0.25, 0.3) is 0 Å². The van der Waals surface area contributed by atoms with E-state index in [1.165, 1.54) is 18.1 Å². The molecule has 13 nitrogen and oxygen atoms in total. The van der Waals surface area contributed by atoms with Crippen molar-refractivity contribution in [3.8, 4) is 11.3 Å². The van der Waals surface area contributed by atoms with Crippen molar-refractivity contribution in [3.63, 3.8) is 0 Å². The van der Waals surface area contributed by atoms with Gasteiger partial charge in [0.2, 0.25) is 11.8 Å². The molecule has 1 heterocycles. The van der Waals surface area contributed by atoms with E-state index in [1.807, 2.05) is 60.7 Å². The summed E-state index contributed by atoms with van der Waals surface area (Å²) in [6.07, 6.45) is -0.102. The van der Waals surface area contributed by atoms with Crippen LogP contribution in [0, 0.1) is 11.8 Å². The molecule has 0 saturated carbocycles. The summed E-state index contributed by atoms with van der Waals surface area (Å²) >= 11 is 0. The number of hydrogen-bond donors (Lipinski definition) is 5. The molecular weight excluding hydrogens is 640 g/mol. The predicted molar refractivity (Wildman–Crippen MR) is 189 cm³/mol. The normalized spacial score (nSPS) is 14.6. The summed E-state index contributed by atoms with van der Waals surface area (Å²) in [5.74, 6) is -0.355. The lowest BCUT2D eigenvalue weighted by atomic mass is 9.96. The number of hydrogen-bond acceptors (Lipinski definition) is 10. The minimum Gasteiger partial charge on any atom is -0.453 e. The van der Waals surface area contributed by atoms with Crippen molar-refractivity contribution < 1.29 is 33.9 Å². The summed E-state index contributed by atoms with van der Waals surface area (Å²) < 4.78 is 4.71. The Hall–Kier alpha value is -4.91. The van der Waals surface area contributed by atoms with Crippen LogP contribution in [-0.2, 0) is 30.4 Å². The van der Waals surface area contributed by atoms with Gasteiger partial charge in [-0.3, -0.25) is 14.6 Å². The molecule has 3 aromatic rings. The second-order valence-electron chi connectivity index (χ2n) is 12.2. The van der Waals surface area contributed by atoms with E-state index in [-0.39, 0.29) is 25.5 Å². The van der Waals surface area contributed by atoms with E-state index in [0.717, 1.165) is 16.8 Å². The van der Waals surface area contributed by atoms with Gasteiger partial charge >= 0.3 is 6.09 Å². The first-order valence-electron chi connectivity index (χ1n) is 16.5.